The third-order valence-electron chi connectivity index (χ3n) is 3.56. The largest absolute Gasteiger partial charge is 0.388 e. The molecule has 1 unspecified atom stereocenters. The molecule has 1 N–H and O–H groups in total. The van der Waals surface area contributed by atoms with Crippen LogP contribution in [0.15, 0.2) is 24.3 Å². The minimum Gasteiger partial charge on any atom is -0.388 e. The fourth-order valence-electron chi connectivity index (χ4n) is 2.57. The zero-order valence-electron chi connectivity index (χ0n) is 9.53. The molecule has 1 aromatic rings. The van der Waals surface area contributed by atoms with E-state index in [1.54, 1.807) is 12.1 Å². The van der Waals surface area contributed by atoms with Gasteiger partial charge in [-0.3, -0.25) is 0 Å². The van der Waals surface area contributed by atoms with E-state index in [1.807, 2.05) is 0 Å². The lowest BCUT2D eigenvalue weighted by molar-refractivity contribution is 0.156. The van der Waals surface area contributed by atoms with Crippen LogP contribution in [0.4, 0.5) is 4.39 Å². The summed E-state index contributed by atoms with van der Waals surface area (Å²) >= 11 is 0. The van der Waals surface area contributed by atoms with Crippen LogP contribution in [0.1, 0.15) is 50.2 Å². The van der Waals surface area contributed by atoms with E-state index in [-0.39, 0.29) is 5.82 Å². The van der Waals surface area contributed by atoms with Gasteiger partial charge in [-0.15, -0.1) is 0 Å². The van der Waals surface area contributed by atoms with Crippen LogP contribution in [-0.2, 0) is 0 Å². The Balaban J connectivity index is 1.85. The number of aliphatic hydroxyl groups is 1. The summed E-state index contributed by atoms with van der Waals surface area (Å²) < 4.78 is 13.0. The molecule has 1 aliphatic rings. The van der Waals surface area contributed by atoms with Gasteiger partial charge in [-0.2, -0.15) is 0 Å². The highest BCUT2D eigenvalue weighted by molar-refractivity contribution is 5.18. The summed E-state index contributed by atoms with van der Waals surface area (Å²) in [4.78, 5) is 0. The first-order valence-corrected chi connectivity index (χ1v) is 6.19. The smallest absolute Gasteiger partial charge is 0.123 e. The van der Waals surface area contributed by atoms with E-state index in [4.69, 9.17) is 0 Å². The molecule has 1 aromatic carbocycles. The predicted octanol–water partition coefficient (Wildman–Crippen LogP) is 3.83. The van der Waals surface area contributed by atoms with Crippen LogP contribution in [0, 0.1) is 11.7 Å². The standard InChI is InChI=1S/C14H19FO/c15-13-7-3-6-12(10-13)14(16)9-8-11-4-1-2-5-11/h3,6-7,10-11,14,16H,1-2,4-5,8-9H2. The van der Waals surface area contributed by atoms with Gasteiger partial charge in [0.1, 0.15) is 5.82 Å². The second kappa shape index (κ2) is 5.44. The van der Waals surface area contributed by atoms with Gasteiger partial charge in [0.2, 0.25) is 0 Å². The van der Waals surface area contributed by atoms with Crippen LogP contribution >= 0.6 is 0 Å². The molecule has 88 valence electrons. The minimum absolute atomic E-state index is 0.266. The van der Waals surface area contributed by atoms with Gasteiger partial charge < -0.3 is 5.11 Å². The summed E-state index contributed by atoms with van der Waals surface area (Å²) in [6.07, 6.45) is 6.59. The highest BCUT2D eigenvalue weighted by atomic mass is 19.1. The Bertz CT molecular complexity index is 331. The first-order chi connectivity index (χ1) is 7.75. The second-order valence-electron chi connectivity index (χ2n) is 4.80. The van der Waals surface area contributed by atoms with E-state index in [2.05, 4.69) is 0 Å². The number of halogens is 1. The average molecular weight is 222 g/mol. The van der Waals surface area contributed by atoms with Crippen LogP contribution in [-0.4, -0.2) is 5.11 Å². The molecule has 0 aliphatic heterocycles. The zero-order chi connectivity index (χ0) is 11.4. The number of benzene rings is 1. The molecule has 2 heteroatoms. The maximum absolute atomic E-state index is 13.0. The van der Waals surface area contributed by atoms with Crippen molar-refractivity contribution in [2.24, 2.45) is 5.92 Å². The predicted molar refractivity (Wildman–Crippen MR) is 62.6 cm³/mol. The van der Waals surface area contributed by atoms with Gasteiger partial charge >= 0.3 is 0 Å². The Hall–Kier alpha value is -0.890. The third-order valence-corrected chi connectivity index (χ3v) is 3.56. The molecule has 1 aliphatic carbocycles. The van der Waals surface area contributed by atoms with Crippen LogP contribution in [0.3, 0.4) is 0 Å². The van der Waals surface area contributed by atoms with Gasteiger partial charge in [-0.05, 0) is 36.5 Å². The lowest BCUT2D eigenvalue weighted by Crippen LogP contribution is -2.01. The topological polar surface area (TPSA) is 20.2 Å². The molecule has 0 heterocycles. The van der Waals surface area contributed by atoms with E-state index >= 15 is 0 Å². The zero-order valence-corrected chi connectivity index (χ0v) is 9.53. The number of aliphatic hydroxyl groups excluding tert-OH is 1. The van der Waals surface area contributed by atoms with Gasteiger partial charge in [0, 0.05) is 0 Å². The Morgan fingerprint density at radius 3 is 2.75 bits per heavy atom. The summed E-state index contributed by atoms with van der Waals surface area (Å²) in [6, 6.07) is 6.29. The first kappa shape index (κ1) is 11.6. The number of rotatable bonds is 4. The molecule has 0 bridgehead atoms. The van der Waals surface area contributed by atoms with Crippen LogP contribution < -0.4 is 0 Å². The highest BCUT2D eigenvalue weighted by Crippen LogP contribution is 2.31. The van der Waals surface area contributed by atoms with E-state index in [1.165, 1.54) is 37.8 Å². The summed E-state index contributed by atoms with van der Waals surface area (Å²) in [5.41, 5.74) is 0.706. The van der Waals surface area contributed by atoms with Gasteiger partial charge in [0.25, 0.3) is 0 Å². The SMILES string of the molecule is OC(CCC1CCCC1)c1cccc(F)c1. The quantitative estimate of drug-likeness (QED) is 0.820. The van der Waals surface area contributed by atoms with Crippen molar-refractivity contribution in [3.8, 4) is 0 Å². The minimum atomic E-state index is -0.503. The molecule has 1 nitrogen and oxygen atoms in total. The van der Waals surface area contributed by atoms with Crippen LogP contribution in [0.2, 0.25) is 0 Å². The molecule has 0 spiro atoms. The average Bonchev–Trinajstić information content (AvgIpc) is 2.78. The molecule has 16 heavy (non-hydrogen) atoms. The number of hydrogen-bond donors (Lipinski definition) is 1. The molecule has 1 fully saturated rings. The van der Waals surface area contributed by atoms with Crippen molar-refractivity contribution in [1.29, 1.82) is 0 Å². The molecule has 0 amide bonds. The van der Waals surface area contributed by atoms with Gasteiger partial charge in [0.05, 0.1) is 6.10 Å². The van der Waals surface area contributed by atoms with E-state index < -0.39 is 6.10 Å². The van der Waals surface area contributed by atoms with E-state index in [0.29, 0.717) is 5.56 Å². The van der Waals surface area contributed by atoms with E-state index in [0.717, 1.165) is 18.8 Å². The Morgan fingerprint density at radius 1 is 1.31 bits per heavy atom. The molecule has 2 rings (SSSR count). The summed E-state index contributed by atoms with van der Waals surface area (Å²) in [5.74, 6) is 0.514. The molecule has 0 radical (unpaired) electrons. The third kappa shape index (κ3) is 3.05. The molecule has 0 saturated heterocycles. The summed E-state index contributed by atoms with van der Waals surface area (Å²) in [7, 11) is 0. The van der Waals surface area contributed by atoms with Crippen molar-refractivity contribution in [1.82, 2.24) is 0 Å². The van der Waals surface area contributed by atoms with Gasteiger partial charge in [-0.1, -0.05) is 37.8 Å². The summed E-state index contributed by atoms with van der Waals surface area (Å²) in [6.45, 7) is 0. The van der Waals surface area contributed by atoms with Crippen LogP contribution in [0.25, 0.3) is 0 Å². The number of hydrogen-bond acceptors (Lipinski definition) is 1. The fraction of sp³-hybridized carbons (Fsp3) is 0.571. The summed E-state index contributed by atoms with van der Waals surface area (Å²) in [5, 5.41) is 9.94. The molecule has 0 aromatic heterocycles. The maximum Gasteiger partial charge on any atom is 0.123 e. The molecular formula is C14H19FO. The van der Waals surface area contributed by atoms with Crippen molar-refractivity contribution in [3.05, 3.63) is 35.6 Å². The molecule has 1 saturated carbocycles. The van der Waals surface area contributed by atoms with Crippen molar-refractivity contribution in [3.63, 3.8) is 0 Å². The Morgan fingerprint density at radius 2 is 2.06 bits per heavy atom. The fourth-order valence-corrected chi connectivity index (χ4v) is 2.57. The molecular weight excluding hydrogens is 203 g/mol. The first-order valence-electron chi connectivity index (χ1n) is 6.19. The lowest BCUT2D eigenvalue weighted by Gasteiger charge is -2.14. The Labute approximate surface area is 96.3 Å². The van der Waals surface area contributed by atoms with E-state index in [9.17, 15) is 9.50 Å². The van der Waals surface area contributed by atoms with Crippen molar-refractivity contribution in [2.75, 3.05) is 0 Å². The van der Waals surface area contributed by atoms with Gasteiger partial charge in [0.15, 0.2) is 0 Å². The second-order valence-corrected chi connectivity index (χ2v) is 4.80. The van der Waals surface area contributed by atoms with Gasteiger partial charge in [-0.25, -0.2) is 4.39 Å². The highest BCUT2D eigenvalue weighted by Gasteiger charge is 2.17. The van der Waals surface area contributed by atoms with Crippen molar-refractivity contribution < 1.29 is 9.50 Å². The monoisotopic (exact) mass is 222 g/mol. The van der Waals surface area contributed by atoms with Crippen LogP contribution in [0.5, 0.6) is 0 Å². The maximum atomic E-state index is 13.0. The Kier molecular flexibility index (Phi) is 3.94. The van der Waals surface area contributed by atoms with Crippen molar-refractivity contribution >= 4 is 0 Å². The molecule has 1 atom stereocenters. The lowest BCUT2D eigenvalue weighted by atomic mass is 9.96. The van der Waals surface area contributed by atoms with Crippen molar-refractivity contribution in [2.45, 2.75) is 44.6 Å². The normalized spacial score (nSPS) is 18.9.